The van der Waals surface area contributed by atoms with Gasteiger partial charge in [0.1, 0.15) is 0 Å². The predicted octanol–water partition coefficient (Wildman–Crippen LogP) is -0.152. The predicted molar refractivity (Wildman–Crippen MR) is 81.8 cm³/mol. The molecule has 1 amide bonds. The van der Waals surface area contributed by atoms with Crippen LogP contribution in [0.15, 0.2) is 0 Å². The summed E-state index contributed by atoms with van der Waals surface area (Å²) in [4.78, 5) is 13.8. The quantitative estimate of drug-likeness (QED) is 0.745. The van der Waals surface area contributed by atoms with E-state index in [0.29, 0.717) is 45.4 Å². The molecule has 7 nitrogen and oxygen atoms in total. The maximum Gasteiger partial charge on any atom is 0.223 e. The molecule has 0 aromatic heterocycles. The molecule has 0 saturated carbocycles. The number of rotatable bonds is 4. The Balaban J connectivity index is 1.80. The summed E-state index contributed by atoms with van der Waals surface area (Å²) in [6.45, 7) is 3.71. The van der Waals surface area contributed by atoms with E-state index in [0.717, 1.165) is 6.26 Å². The fourth-order valence-corrected chi connectivity index (χ4v) is 3.78. The minimum Gasteiger partial charge on any atom is -0.390 e. The van der Waals surface area contributed by atoms with Crippen LogP contribution in [0.3, 0.4) is 0 Å². The van der Waals surface area contributed by atoms with Crippen molar-refractivity contribution in [1.82, 2.24) is 9.62 Å². The number of amides is 1. The van der Waals surface area contributed by atoms with Crippen molar-refractivity contribution in [1.29, 1.82) is 0 Å². The Morgan fingerprint density at radius 1 is 1.32 bits per heavy atom. The molecule has 1 atom stereocenters. The van der Waals surface area contributed by atoms with Gasteiger partial charge in [-0.3, -0.25) is 4.79 Å². The number of hydrogen-bond acceptors (Lipinski definition) is 5. The van der Waals surface area contributed by atoms with E-state index in [1.165, 1.54) is 0 Å². The zero-order valence-electron chi connectivity index (χ0n) is 13.3. The summed E-state index contributed by atoms with van der Waals surface area (Å²) < 4.78 is 30.2. The molecule has 8 heteroatoms. The van der Waals surface area contributed by atoms with Gasteiger partial charge in [-0.15, -0.1) is 0 Å². The van der Waals surface area contributed by atoms with Crippen LogP contribution in [0.25, 0.3) is 0 Å². The maximum absolute atomic E-state index is 12.1. The molecule has 0 bridgehead atoms. The zero-order chi connectivity index (χ0) is 16.4. The van der Waals surface area contributed by atoms with Crippen LogP contribution in [0.5, 0.6) is 0 Å². The third-order valence-corrected chi connectivity index (χ3v) is 5.21. The summed E-state index contributed by atoms with van der Waals surface area (Å²) in [5, 5.41) is 10.2. The first-order valence-corrected chi connectivity index (χ1v) is 9.59. The lowest BCUT2D eigenvalue weighted by Gasteiger charge is -2.48. The van der Waals surface area contributed by atoms with E-state index in [-0.39, 0.29) is 24.5 Å². The van der Waals surface area contributed by atoms with Crippen molar-refractivity contribution in [3.05, 3.63) is 0 Å². The Labute approximate surface area is 132 Å². The van der Waals surface area contributed by atoms with Crippen LogP contribution in [0.4, 0.5) is 0 Å². The standard InChI is InChI=1S/C14H26N2O5S/c1-13(18)6-10-21-14(11-13)4-8-16(9-5-14)12(17)3-7-15-22(2,19)20/h15,18H,3-11H2,1-2H3. The van der Waals surface area contributed by atoms with Crippen molar-refractivity contribution in [2.24, 2.45) is 0 Å². The zero-order valence-corrected chi connectivity index (χ0v) is 14.1. The molecule has 1 unspecified atom stereocenters. The summed E-state index contributed by atoms with van der Waals surface area (Å²) in [6.07, 6.45) is 3.93. The van der Waals surface area contributed by atoms with Gasteiger partial charge in [-0.2, -0.15) is 0 Å². The van der Waals surface area contributed by atoms with Gasteiger partial charge in [0.2, 0.25) is 15.9 Å². The first kappa shape index (κ1) is 17.7. The number of carbonyl (C=O) groups excluding carboxylic acids is 1. The van der Waals surface area contributed by atoms with Crippen LogP contribution >= 0.6 is 0 Å². The molecule has 0 radical (unpaired) electrons. The van der Waals surface area contributed by atoms with Crippen LogP contribution in [-0.2, 0) is 19.6 Å². The van der Waals surface area contributed by atoms with Gasteiger partial charge < -0.3 is 14.7 Å². The molecule has 0 aliphatic carbocycles. The lowest BCUT2D eigenvalue weighted by atomic mass is 9.78. The molecule has 0 aromatic carbocycles. The van der Waals surface area contributed by atoms with Gasteiger partial charge in [0.15, 0.2) is 0 Å². The summed E-state index contributed by atoms with van der Waals surface area (Å²) in [5.41, 5.74) is -1.01. The Kier molecular flexibility index (Phi) is 5.16. The van der Waals surface area contributed by atoms with Gasteiger partial charge in [-0.25, -0.2) is 13.1 Å². The van der Waals surface area contributed by atoms with Crippen molar-refractivity contribution in [3.63, 3.8) is 0 Å². The van der Waals surface area contributed by atoms with Gasteiger partial charge in [-0.1, -0.05) is 0 Å². The molecule has 2 heterocycles. The first-order valence-electron chi connectivity index (χ1n) is 7.70. The fourth-order valence-electron chi connectivity index (χ4n) is 3.31. The summed E-state index contributed by atoms with van der Waals surface area (Å²) in [7, 11) is -3.25. The highest BCUT2D eigenvalue weighted by Crippen LogP contribution is 2.39. The number of ether oxygens (including phenoxy) is 1. The minimum atomic E-state index is -3.25. The van der Waals surface area contributed by atoms with E-state index >= 15 is 0 Å². The van der Waals surface area contributed by atoms with Gasteiger partial charge in [0.05, 0.1) is 24.1 Å². The van der Waals surface area contributed by atoms with Crippen molar-refractivity contribution in [2.75, 3.05) is 32.5 Å². The number of hydrogen-bond donors (Lipinski definition) is 2. The Hall–Kier alpha value is -0.700. The molecule has 2 saturated heterocycles. The summed E-state index contributed by atoms with van der Waals surface area (Å²) in [5.74, 6) is -0.0476. The SMILES string of the molecule is CC1(O)CCOC2(CCN(C(=O)CCNS(C)(=O)=O)CC2)C1. The second-order valence-corrected chi connectivity index (χ2v) is 8.59. The van der Waals surface area contributed by atoms with Gasteiger partial charge in [0.25, 0.3) is 0 Å². The lowest BCUT2D eigenvalue weighted by molar-refractivity contribution is -0.175. The number of likely N-dealkylation sites (tertiary alicyclic amines) is 1. The highest BCUT2D eigenvalue weighted by Gasteiger charge is 2.44. The fraction of sp³-hybridized carbons (Fsp3) is 0.929. The molecule has 0 aromatic rings. The second kappa shape index (κ2) is 6.43. The molecule has 2 aliphatic heterocycles. The van der Waals surface area contributed by atoms with Crippen molar-refractivity contribution in [3.8, 4) is 0 Å². The molecule has 22 heavy (non-hydrogen) atoms. The number of sulfonamides is 1. The van der Waals surface area contributed by atoms with Crippen molar-refractivity contribution < 1.29 is 23.1 Å². The third-order valence-electron chi connectivity index (χ3n) is 4.48. The number of aliphatic hydroxyl groups is 1. The first-order chi connectivity index (χ1) is 10.1. The van der Waals surface area contributed by atoms with E-state index < -0.39 is 15.6 Å². The minimum absolute atomic E-state index is 0.0476. The maximum atomic E-state index is 12.1. The number of carbonyl (C=O) groups is 1. The molecular formula is C14H26N2O5S. The van der Waals surface area contributed by atoms with Crippen molar-refractivity contribution >= 4 is 15.9 Å². The van der Waals surface area contributed by atoms with Crippen LogP contribution in [-0.4, -0.2) is 68.0 Å². The third kappa shape index (κ3) is 4.91. The lowest BCUT2D eigenvalue weighted by Crippen LogP contribution is -2.54. The second-order valence-electron chi connectivity index (χ2n) is 6.75. The number of nitrogens with zero attached hydrogens (tertiary/aromatic N) is 1. The number of nitrogens with one attached hydrogen (secondary N) is 1. The van der Waals surface area contributed by atoms with E-state index in [4.69, 9.17) is 4.74 Å². The smallest absolute Gasteiger partial charge is 0.223 e. The van der Waals surface area contributed by atoms with Crippen LogP contribution in [0, 0.1) is 0 Å². The van der Waals surface area contributed by atoms with Gasteiger partial charge in [-0.05, 0) is 26.2 Å². The Morgan fingerprint density at radius 3 is 2.50 bits per heavy atom. The van der Waals surface area contributed by atoms with E-state index in [9.17, 15) is 18.3 Å². The monoisotopic (exact) mass is 334 g/mol. The summed E-state index contributed by atoms with van der Waals surface area (Å²) >= 11 is 0. The largest absolute Gasteiger partial charge is 0.390 e. The topological polar surface area (TPSA) is 95.9 Å². The molecule has 2 rings (SSSR count). The van der Waals surface area contributed by atoms with Crippen LogP contribution < -0.4 is 4.72 Å². The molecular weight excluding hydrogens is 308 g/mol. The molecule has 2 fully saturated rings. The summed E-state index contributed by atoms with van der Waals surface area (Å²) in [6, 6.07) is 0. The molecule has 2 aliphatic rings. The highest BCUT2D eigenvalue weighted by atomic mass is 32.2. The normalized spacial score (nSPS) is 28.8. The Morgan fingerprint density at radius 2 is 1.95 bits per heavy atom. The van der Waals surface area contributed by atoms with Gasteiger partial charge in [0, 0.05) is 32.5 Å². The van der Waals surface area contributed by atoms with Crippen molar-refractivity contribution in [2.45, 2.75) is 50.2 Å². The Bertz CT molecular complexity index is 509. The van der Waals surface area contributed by atoms with Crippen LogP contribution in [0.2, 0.25) is 0 Å². The average Bonchev–Trinajstić information content (AvgIpc) is 2.36. The molecule has 128 valence electrons. The average molecular weight is 334 g/mol. The van der Waals surface area contributed by atoms with E-state index in [2.05, 4.69) is 4.72 Å². The van der Waals surface area contributed by atoms with E-state index in [1.807, 2.05) is 6.92 Å². The van der Waals surface area contributed by atoms with Gasteiger partial charge >= 0.3 is 0 Å². The highest BCUT2D eigenvalue weighted by molar-refractivity contribution is 7.88. The number of piperidine rings is 1. The molecule has 2 N–H and O–H groups in total. The molecule has 1 spiro atoms. The van der Waals surface area contributed by atoms with Crippen LogP contribution in [0.1, 0.15) is 39.0 Å². The van der Waals surface area contributed by atoms with E-state index in [1.54, 1.807) is 4.90 Å².